The first-order valence-electron chi connectivity index (χ1n) is 8.85. The molecule has 6 nitrogen and oxygen atoms in total. The molecule has 0 fully saturated rings. The average Bonchev–Trinajstić information content (AvgIpc) is 3.33. The van der Waals surface area contributed by atoms with Crippen LogP contribution >= 0.6 is 23.1 Å². The third-order valence-corrected chi connectivity index (χ3v) is 5.94. The monoisotopic (exact) mass is 427 g/mol. The quantitative estimate of drug-likeness (QED) is 0.338. The van der Waals surface area contributed by atoms with Crippen LogP contribution in [0.2, 0.25) is 0 Å². The van der Waals surface area contributed by atoms with E-state index >= 15 is 0 Å². The van der Waals surface area contributed by atoms with Gasteiger partial charge in [-0.3, -0.25) is 0 Å². The fourth-order valence-electron chi connectivity index (χ4n) is 2.59. The number of nitrogen functional groups attached to an aromatic ring is 1. The summed E-state index contributed by atoms with van der Waals surface area (Å²) in [4.78, 5) is 4.68. The summed E-state index contributed by atoms with van der Waals surface area (Å²) in [6.07, 6.45) is 0.827. The summed E-state index contributed by atoms with van der Waals surface area (Å²) in [5.74, 6) is 7.44. The van der Waals surface area contributed by atoms with Crippen molar-refractivity contribution in [1.29, 1.82) is 0 Å². The Balaban J connectivity index is 1.32. The van der Waals surface area contributed by atoms with E-state index in [2.05, 4.69) is 32.7 Å². The maximum atomic E-state index is 12.9. The van der Waals surface area contributed by atoms with Gasteiger partial charge in [-0.1, -0.05) is 42.1 Å². The summed E-state index contributed by atoms with van der Waals surface area (Å²) in [6, 6.07) is 16.1. The number of rotatable bonds is 8. The molecule has 0 saturated heterocycles. The van der Waals surface area contributed by atoms with E-state index in [1.54, 1.807) is 23.5 Å². The first-order valence-corrected chi connectivity index (χ1v) is 10.7. The summed E-state index contributed by atoms with van der Waals surface area (Å²) < 4.78 is 19.9. The number of aromatic nitrogens is 4. The number of thiazole rings is 1. The van der Waals surface area contributed by atoms with Crippen LogP contribution in [0.25, 0.3) is 0 Å². The molecule has 148 valence electrons. The lowest BCUT2D eigenvalue weighted by Gasteiger charge is -2.06. The highest BCUT2D eigenvalue weighted by molar-refractivity contribution is 7.98. The van der Waals surface area contributed by atoms with Gasteiger partial charge in [-0.15, -0.1) is 21.5 Å². The molecule has 0 atom stereocenters. The van der Waals surface area contributed by atoms with Gasteiger partial charge in [0.05, 0.1) is 10.7 Å². The highest BCUT2D eigenvalue weighted by Gasteiger charge is 2.12. The van der Waals surface area contributed by atoms with Crippen molar-refractivity contribution < 1.29 is 9.13 Å². The molecule has 2 aromatic heterocycles. The SMILES string of the molecule is Nn1c(COc2ccc(F)cc2)nnc1SCc1csc(Cc2ccccc2)n1. The van der Waals surface area contributed by atoms with Crippen molar-refractivity contribution in [3.8, 4) is 5.75 Å². The van der Waals surface area contributed by atoms with Gasteiger partial charge in [-0.2, -0.15) is 0 Å². The molecular weight excluding hydrogens is 409 g/mol. The van der Waals surface area contributed by atoms with Gasteiger partial charge in [0.1, 0.15) is 18.2 Å². The van der Waals surface area contributed by atoms with E-state index < -0.39 is 0 Å². The molecule has 0 unspecified atom stereocenters. The van der Waals surface area contributed by atoms with Crippen molar-refractivity contribution in [3.05, 3.63) is 87.9 Å². The van der Waals surface area contributed by atoms with Gasteiger partial charge in [0.15, 0.2) is 5.82 Å². The normalized spacial score (nSPS) is 10.9. The number of ether oxygens (including phenoxy) is 1. The van der Waals surface area contributed by atoms with Gasteiger partial charge < -0.3 is 10.6 Å². The lowest BCUT2D eigenvalue weighted by molar-refractivity contribution is 0.291. The van der Waals surface area contributed by atoms with E-state index in [-0.39, 0.29) is 12.4 Å². The maximum Gasteiger partial charge on any atom is 0.210 e. The van der Waals surface area contributed by atoms with Gasteiger partial charge in [0.2, 0.25) is 5.16 Å². The molecule has 4 aromatic rings. The van der Waals surface area contributed by atoms with Crippen molar-refractivity contribution in [2.45, 2.75) is 23.9 Å². The summed E-state index contributed by atoms with van der Waals surface area (Å²) in [7, 11) is 0. The van der Waals surface area contributed by atoms with Crippen LogP contribution in [0.5, 0.6) is 5.75 Å². The molecule has 0 spiro atoms. The molecule has 4 rings (SSSR count). The fourth-order valence-corrected chi connectivity index (χ4v) is 4.29. The van der Waals surface area contributed by atoms with Crippen LogP contribution < -0.4 is 10.6 Å². The fraction of sp³-hybridized carbons (Fsp3) is 0.150. The van der Waals surface area contributed by atoms with Crippen LogP contribution in [-0.2, 0) is 18.8 Å². The molecule has 0 aliphatic rings. The Morgan fingerprint density at radius 3 is 2.66 bits per heavy atom. The van der Waals surface area contributed by atoms with E-state index in [9.17, 15) is 4.39 Å². The van der Waals surface area contributed by atoms with Crippen LogP contribution in [0.1, 0.15) is 22.1 Å². The highest BCUT2D eigenvalue weighted by Crippen LogP contribution is 2.23. The zero-order chi connectivity index (χ0) is 20.1. The number of nitrogens with zero attached hydrogens (tertiary/aromatic N) is 4. The lowest BCUT2D eigenvalue weighted by Crippen LogP contribution is -2.15. The highest BCUT2D eigenvalue weighted by atomic mass is 32.2. The molecule has 2 N–H and O–H groups in total. The molecule has 0 aliphatic carbocycles. The van der Waals surface area contributed by atoms with Gasteiger partial charge in [-0.05, 0) is 29.8 Å². The zero-order valence-corrected chi connectivity index (χ0v) is 17.0. The van der Waals surface area contributed by atoms with E-state index in [4.69, 9.17) is 10.6 Å². The van der Waals surface area contributed by atoms with E-state index in [1.807, 2.05) is 18.2 Å². The van der Waals surface area contributed by atoms with Crippen molar-refractivity contribution in [3.63, 3.8) is 0 Å². The van der Waals surface area contributed by atoms with Crippen LogP contribution in [-0.4, -0.2) is 19.9 Å². The molecule has 0 aliphatic heterocycles. The average molecular weight is 428 g/mol. The Morgan fingerprint density at radius 2 is 1.86 bits per heavy atom. The smallest absolute Gasteiger partial charge is 0.210 e. The zero-order valence-electron chi connectivity index (χ0n) is 15.4. The second kappa shape index (κ2) is 9.06. The number of nitrogens with two attached hydrogens (primary N) is 1. The standard InChI is InChI=1S/C20H18FN5OS2/c21-15-6-8-17(9-7-15)27-11-18-24-25-20(26(18)22)29-13-16-12-28-19(23-16)10-14-4-2-1-3-5-14/h1-9,12H,10-11,13,22H2. The topological polar surface area (TPSA) is 78.9 Å². The predicted octanol–water partition coefficient (Wildman–Crippen LogP) is 4.05. The maximum absolute atomic E-state index is 12.9. The Hall–Kier alpha value is -2.91. The number of halogens is 1. The molecular formula is C20H18FN5OS2. The molecule has 0 radical (unpaired) electrons. The van der Waals surface area contributed by atoms with Crippen LogP contribution in [0.4, 0.5) is 4.39 Å². The van der Waals surface area contributed by atoms with Gasteiger partial charge in [0.25, 0.3) is 0 Å². The Morgan fingerprint density at radius 1 is 1.07 bits per heavy atom. The molecule has 2 heterocycles. The first kappa shape index (κ1) is 19.4. The Labute approximate surface area is 175 Å². The van der Waals surface area contributed by atoms with Crippen molar-refractivity contribution >= 4 is 23.1 Å². The predicted molar refractivity (Wildman–Crippen MR) is 112 cm³/mol. The number of thioether (sulfide) groups is 1. The Bertz CT molecular complexity index is 1070. The van der Waals surface area contributed by atoms with Crippen molar-refractivity contribution in [2.24, 2.45) is 0 Å². The summed E-state index contributed by atoms with van der Waals surface area (Å²) in [5.41, 5.74) is 2.23. The van der Waals surface area contributed by atoms with Gasteiger partial charge >= 0.3 is 0 Å². The number of hydrogen-bond donors (Lipinski definition) is 1. The first-order chi connectivity index (χ1) is 14.2. The van der Waals surface area contributed by atoms with Gasteiger partial charge in [0, 0.05) is 17.6 Å². The molecule has 0 saturated carbocycles. The molecule has 0 bridgehead atoms. The third-order valence-electron chi connectivity index (χ3n) is 4.06. The molecule has 29 heavy (non-hydrogen) atoms. The van der Waals surface area contributed by atoms with Crippen molar-refractivity contribution in [1.82, 2.24) is 19.9 Å². The van der Waals surface area contributed by atoms with E-state index in [1.165, 1.54) is 34.1 Å². The van der Waals surface area contributed by atoms with E-state index in [0.717, 1.165) is 17.1 Å². The molecule has 9 heteroatoms. The largest absolute Gasteiger partial charge is 0.486 e. The molecule has 2 aromatic carbocycles. The summed E-state index contributed by atoms with van der Waals surface area (Å²) in [6.45, 7) is 0.146. The minimum Gasteiger partial charge on any atom is -0.486 e. The second-order valence-corrected chi connectivity index (χ2v) is 8.08. The second-order valence-electron chi connectivity index (χ2n) is 6.20. The minimum absolute atomic E-state index is 0.146. The van der Waals surface area contributed by atoms with Crippen LogP contribution in [0.15, 0.2) is 65.1 Å². The third kappa shape index (κ3) is 5.12. The minimum atomic E-state index is -0.313. The lowest BCUT2D eigenvalue weighted by atomic mass is 10.2. The van der Waals surface area contributed by atoms with Crippen LogP contribution in [0.3, 0.4) is 0 Å². The van der Waals surface area contributed by atoms with E-state index in [0.29, 0.717) is 22.5 Å². The number of hydrogen-bond acceptors (Lipinski definition) is 7. The number of benzene rings is 2. The van der Waals surface area contributed by atoms with Crippen LogP contribution in [0, 0.1) is 5.82 Å². The summed E-state index contributed by atoms with van der Waals surface area (Å²) in [5, 5.41) is 11.9. The van der Waals surface area contributed by atoms with Gasteiger partial charge in [-0.25, -0.2) is 14.1 Å². The Kier molecular flexibility index (Phi) is 6.06. The van der Waals surface area contributed by atoms with Crippen molar-refractivity contribution in [2.75, 3.05) is 5.84 Å². The molecule has 0 amide bonds. The summed E-state index contributed by atoms with van der Waals surface area (Å²) >= 11 is 3.12.